The highest BCUT2D eigenvalue weighted by Gasteiger charge is 2.27. The zero-order chi connectivity index (χ0) is 16.9. The van der Waals surface area contributed by atoms with Crippen molar-refractivity contribution in [3.8, 4) is 0 Å². The van der Waals surface area contributed by atoms with Crippen LogP contribution in [0.3, 0.4) is 0 Å². The first kappa shape index (κ1) is 18.4. The first-order valence-electron chi connectivity index (χ1n) is 7.34. The Morgan fingerprint density at radius 1 is 1.18 bits per heavy atom. The maximum absolute atomic E-state index is 12.1. The van der Waals surface area contributed by atoms with Crippen LogP contribution in [0.5, 0.6) is 0 Å². The van der Waals surface area contributed by atoms with Gasteiger partial charge in [-0.25, -0.2) is 4.79 Å². The third kappa shape index (κ3) is 6.40. The fraction of sp³-hybridized carbons (Fsp3) is 0.786. The molecule has 0 spiro atoms. The first-order chi connectivity index (χ1) is 10.1. The number of amides is 3. The van der Waals surface area contributed by atoms with Gasteiger partial charge in [0.15, 0.2) is 0 Å². The van der Waals surface area contributed by atoms with Gasteiger partial charge in [0.25, 0.3) is 0 Å². The second-order valence-corrected chi connectivity index (χ2v) is 6.49. The highest BCUT2D eigenvalue weighted by Crippen LogP contribution is 2.07. The minimum atomic E-state index is -0.953. The number of ether oxygens (including phenoxy) is 1. The second-order valence-electron chi connectivity index (χ2n) is 6.49. The fourth-order valence-corrected chi connectivity index (χ4v) is 2.02. The SMILES string of the molecule is CN1CCN(C(=O)[C@@H](N)CC(=O)NC(=O)OC(C)(C)C)CC1. The summed E-state index contributed by atoms with van der Waals surface area (Å²) in [5.41, 5.74) is 5.08. The normalized spacial score (nSPS) is 17.8. The lowest BCUT2D eigenvalue weighted by molar-refractivity contribution is -0.136. The molecule has 0 aromatic heterocycles. The van der Waals surface area contributed by atoms with Crippen LogP contribution in [0.25, 0.3) is 0 Å². The van der Waals surface area contributed by atoms with Gasteiger partial charge in [0.1, 0.15) is 5.60 Å². The smallest absolute Gasteiger partial charge is 0.414 e. The van der Waals surface area contributed by atoms with Crippen molar-refractivity contribution in [3.63, 3.8) is 0 Å². The van der Waals surface area contributed by atoms with Crippen LogP contribution in [0.15, 0.2) is 0 Å². The summed E-state index contributed by atoms with van der Waals surface area (Å²) in [6.07, 6.45) is -1.08. The van der Waals surface area contributed by atoms with Crippen LogP contribution in [0.1, 0.15) is 27.2 Å². The number of hydrogen-bond donors (Lipinski definition) is 2. The van der Waals surface area contributed by atoms with E-state index in [4.69, 9.17) is 10.5 Å². The number of nitrogens with two attached hydrogens (primary N) is 1. The Bertz CT molecular complexity index is 425. The number of carbonyl (C=O) groups is 3. The Morgan fingerprint density at radius 2 is 1.73 bits per heavy atom. The number of hydrogen-bond acceptors (Lipinski definition) is 6. The van der Waals surface area contributed by atoms with Crippen molar-refractivity contribution in [2.75, 3.05) is 33.2 Å². The zero-order valence-electron chi connectivity index (χ0n) is 13.7. The molecule has 1 heterocycles. The zero-order valence-corrected chi connectivity index (χ0v) is 13.7. The summed E-state index contributed by atoms with van der Waals surface area (Å²) in [5, 5.41) is 2.07. The van der Waals surface area contributed by atoms with Crippen molar-refractivity contribution in [1.82, 2.24) is 15.1 Å². The minimum Gasteiger partial charge on any atom is -0.444 e. The highest BCUT2D eigenvalue weighted by molar-refractivity contribution is 5.95. The lowest BCUT2D eigenvalue weighted by Gasteiger charge is -2.33. The Balaban J connectivity index is 2.40. The number of rotatable bonds is 3. The highest BCUT2D eigenvalue weighted by atomic mass is 16.6. The molecular formula is C14H26N4O4. The molecule has 0 aliphatic carbocycles. The van der Waals surface area contributed by atoms with E-state index in [1.54, 1.807) is 25.7 Å². The Kier molecular flexibility index (Phi) is 6.31. The van der Waals surface area contributed by atoms with Gasteiger partial charge in [0.2, 0.25) is 11.8 Å². The van der Waals surface area contributed by atoms with Crippen LogP contribution in [-0.2, 0) is 14.3 Å². The molecule has 1 fully saturated rings. The van der Waals surface area contributed by atoms with E-state index in [1.165, 1.54) is 0 Å². The third-order valence-electron chi connectivity index (χ3n) is 3.18. The molecule has 0 radical (unpaired) electrons. The van der Waals surface area contributed by atoms with Gasteiger partial charge < -0.3 is 20.3 Å². The van der Waals surface area contributed by atoms with Gasteiger partial charge >= 0.3 is 6.09 Å². The molecule has 8 heteroatoms. The van der Waals surface area contributed by atoms with Crippen LogP contribution in [0.2, 0.25) is 0 Å². The van der Waals surface area contributed by atoms with Crippen molar-refractivity contribution in [2.45, 2.75) is 38.8 Å². The number of carbonyl (C=O) groups excluding carboxylic acids is 3. The Morgan fingerprint density at radius 3 is 2.23 bits per heavy atom. The molecule has 0 unspecified atom stereocenters. The van der Waals surface area contributed by atoms with Gasteiger partial charge in [-0.05, 0) is 27.8 Å². The maximum atomic E-state index is 12.1. The molecule has 1 saturated heterocycles. The number of nitrogens with zero attached hydrogens (tertiary/aromatic N) is 2. The molecule has 0 saturated carbocycles. The molecule has 0 aromatic carbocycles. The predicted molar refractivity (Wildman–Crippen MR) is 81.0 cm³/mol. The standard InChI is InChI=1S/C14H26N4O4/c1-14(2,3)22-13(21)16-11(19)9-10(15)12(20)18-7-5-17(4)6-8-18/h10H,5-9,15H2,1-4H3,(H,16,19,21)/t10-/m0/s1. The lowest BCUT2D eigenvalue weighted by atomic mass is 10.1. The quantitative estimate of drug-likeness (QED) is 0.729. The summed E-state index contributed by atoms with van der Waals surface area (Å²) >= 11 is 0. The molecule has 8 nitrogen and oxygen atoms in total. The van der Waals surface area contributed by atoms with Crippen molar-refractivity contribution >= 4 is 17.9 Å². The van der Waals surface area contributed by atoms with E-state index in [9.17, 15) is 14.4 Å². The molecular weight excluding hydrogens is 288 g/mol. The van der Waals surface area contributed by atoms with E-state index in [-0.39, 0.29) is 12.3 Å². The number of imide groups is 1. The lowest BCUT2D eigenvalue weighted by Crippen LogP contribution is -2.53. The van der Waals surface area contributed by atoms with E-state index in [2.05, 4.69) is 10.2 Å². The third-order valence-corrected chi connectivity index (χ3v) is 3.18. The Hall–Kier alpha value is -1.67. The van der Waals surface area contributed by atoms with E-state index in [0.717, 1.165) is 13.1 Å². The molecule has 1 aliphatic rings. The van der Waals surface area contributed by atoms with Crippen LogP contribution in [-0.4, -0.2) is 72.6 Å². The average Bonchev–Trinajstić information content (AvgIpc) is 2.35. The van der Waals surface area contributed by atoms with Crippen LogP contribution in [0, 0.1) is 0 Å². The molecule has 1 atom stereocenters. The topological polar surface area (TPSA) is 105 Å². The summed E-state index contributed by atoms with van der Waals surface area (Å²) in [7, 11) is 1.98. The van der Waals surface area contributed by atoms with E-state index in [0.29, 0.717) is 13.1 Å². The van der Waals surface area contributed by atoms with E-state index < -0.39 is 23.6 Å². The molecule has 3 N–H and O–H groups in total. The summed E-state index contributed by atoms with van der Waals surface area (Å²) < 4.78 is 4.97. The molecule has 1 aliphatic heterocycles. The van der Waals surface area contributed by atoms with Gasteiger partial charge in [0.05, 0.1) is 12.5 Å². The van der Waals surface area contributed by atoms with Crippen LogP contribution >= 0.6 is 0 Å². The molecule has 22 heavy (non-hydrogen) atoms. The first-order valence-corrected chi connectivity index (χ1v) is 7.34. The largest absolute Gasteiger partial charge is 0.444 e. The maximum Gasteiger partial charge on any atom is 0.414 e. The summed E-state index contributed by atoms with van der Waals surface area (Å²) in [4.78, 5) is 39.1. The predicted octanol–water partition coefficient (Wildman–Crippen LogP) is -0.471. The summed E-state index contributed by atoms with van der Waals surface area (Å²) in [6, 6.07) is -0.953. The van der Waals surface area contributed by atoms with Crippen LogP contribution < -0.4 is 11.1 Å². The number of alkyl carbamates (subject to hydrolysis) is 1. The van der Waals surface area contributed by atoms with Crippen LogP contribution in [0.4, 0.5) is 4.79 Å². The van der Waals surface area contributed by atoms with Gasteiger partial charge in [-0.15, -0.1) is 0 Å². The fourth-order valence-electron chi connectivity index (χ4n) is 2.02. The molecule has 3 amide bonds. The molecule has 0 aromatic rings. The minimum absolute atomic E-state index is 0.246. The number of likely N-dealkylation sites (N-methyl/N-ethyl adjacent to an activating group) is 1. The average molecular weight is 314 g/mol. The van der Waals surface area contributed by atoms with Crippen molar-refractivity contribution in [1.29, 1.82) is 0 Å². The van der Waals surface area contributed by atoms with Gasteiger partial charge in [-0.1, -0.05) is 0 Å². The van der Waals surface area contributed by atoms with Gasteiger partial charge in [-0.2, -0.15) is 0 Å². The van der Waals surface area contributed by atoms with E-state index in [1.807, 2.05) is 7.05 Å². The molecule has 126 valence electrons. The van der Waals surface area contributed by atoms with Crippen molar-refractivity contribution in [3.05, 3.63) is 0 Å². The number of piperazine rings is 1. The van der Waals surface area contributed by atoms with Crippen molar-refractivity contribution < 1.29 is 19.1 Å². The van der Waals surface area contributed by atoms with Gasteiger partial charge in [0, 0.05) is 26.2 Å². The molecule has 0 bridgehead atoms. The summed E-state index contributed by atoms with van der Waals surface area (Å²) in [6.45, 7) is 7.83. The monoisotopic (exact) mass is 314 g/mol. The summed E-state index contributed by atoms with van der Waals surface area (Å²) in [5.74, 6) is -0.892. The van der Waals surface area contributed by atoms with Gasteiger partial charge in [-0.3, -0.25) is 14.9 Å². The second kappa shape index (κ2) is 7.55. The van der Waals surface area contributed by atoms with Crippen molar-refractivity contribution in [2.24, 2.45) is 5.73 Å². The molecule has 1 rings (SSSR count). The Labute approximate surface area is 130 Å². The number of nitrogens with one attached hydrogen (secondary N) is 1. The van der Waals surface area contributed by atoms with E-state index >= 15 is 0 Å².